The van der Waals surface area contributed by atoms with E-state index in [-0.39, 0.29) is 11.4 Å². The molecule has 2 aliphatic rings. The molecular weight excluding hydrogens is 294 g/mol. The van der Waals surface area contributed by atoms with Crippen LogP contribution in [0.3, 0.4) is 0 Å². The fraction of sp³-hybridized carbons (Fsp3) is 0.438. The number of nitrogens with one attached hydrogen (secondary N) is 2. The maximum atomic E-state index is 12.3. The van der Waals surface area contributed by atoms with Crippen molar-refractivity contribution in [3.8, 4) is 11.1 Å². The molecule has 1 unspecified atom stereocenters. The predicted octanol–water partition coefficient (Wildman–Crippen LogP) is 0.942. The summed E-state index contributed by atoms with van der Waals surface area (Å²) in [4.78, 5) is 16.5. The van der Waals surface area contributed by atoms with E-state index in [0.717, 1.165) is 24.0 Å². The Morgan fingerprint density at radius 2 is 2.35 bits per heavy atom. The fourth-order valence-electron chi connectivity index (χ4n) is 2.78. The lowest BCUT2D eigenvalue weighted by Gasteiger charge is -2.29. The number of pyridine rings is 1. The zero-order chi connectivity index (χ0) is 15.9. The van der Waals surface area contributed by atoms with Crippen molar-refractivity contribution >= 4 is 11.7 Å². The van der Waals surface area contributed by atoms with Crippen LogP contribution in [0.15, 0.2) is 30.7 Å². The maximum absolute atomic E-state index is 12.3. The average molecular weight is 313 g/mol. The van der Waals surface area contributed by atoms with Gasteiger partial charge in [0.25, 0.3) is 5.91 Å². The molecule has 1 amide bonds. The Balaban J connectivity index is 1.43. The molecular formula is C16H19N5O2. The van der Waals surface area contributed by atoms with Crippen LogP contribution in [0.1, 0.15) is 12.8 Å². The van der Waals surface area contributed by atoms with E-state index in [9.17, 15) is 4.79 Å². The van der Waals surface area contributed by atoms with Crippen molar-refractivity contribution in [2.24, 2.45) is 7.05 Å². The number of anilines is 1. The first-order valence-electron chi connectivity index (χ1n) is 7.76. The number of aryl methyl sites for hydroxylation is 1. The van der Waals surface area contributed by atoms with E-state index >= 15 is 0 Å². The van der Waals surface area contributed by atoms with Gasteiger partial charge >= 0.3 is 0 Å². The van der Waals surface area contributed by atoms with E-state index in [4.69, 9.17) is 4.74 Å². The molecule has 1 atom stereocenters. The zero-order valence-corrected chi connectivity index (χ0v) is 13.0. The number of carbonyl (C=O) groups excluding carboxylic acids is 1. The minimum Gasteiger partial charge on any atom is -0.365 e. The number of morpholine rings is 1. The average Bonchev–Trinajstić information content (AvgIpc) is 3.16. The summed E-state index contributed by atoms with van der Waals surface area (Å²) < 4.78 is 7.43. The van der Waals surface area contributed by atoms with Crippen molar-refractivity contribution in [3.05, 3.63) is 30.7 Å². The van der Waals surface area contributed by atoms with Crippen LogP contribution in [-0.2, 0) is 16.6 Å². The van der Waals surface area contributed by atoms with Gasteiger partial charge in [0.15, 0.2) is 0 Å². The van der Waals surface area contributed by atoms with Gasteiger partial charge in [0, 0.05) is 37.1 Å². The van der Waals surface area contributed by atoms with Crippen LogP contribution in [0.2, 0.25) is 0 Å². The van der Waals surface area contributed by atoms with Gasteiger partial charge in [0.05, 0.1) is 12.8 Å². The van der Waals surface area contributed by atoms with Crippen molar-refractivity contribution in [1.29, 1.82) is 0 Å². The highest BCUT2D eigenvalue weighted by Gasteiger charge is 2.46. The summed E-state index contributed by atoms with van der Waals surface area (Å²) in [5, 5.41) is 10.4. The van der Waals surface area contributed by atoms with Gasteiger partial charge in [-0.15, -0.1) is 0 Å². The zero-order valence-electron chi connectivity index (χ0n) is 13.0. The molecule has 2 fully saturated rings. The first-order valence-corrected chi connectivity index (χ1v) is 7.76. The molecule has 0 bridgehead atoms. The monoisotopic (exact) mass is 313 g/mol. The lowest BCUT2D eigenvalue weighted by Crippen LogP contribution is -2.52. The Morgan fingerprint density at radius 3 is 3.00 bits per heavy atom. The highest BCUT2D eigenvalue weighted by Crippen LogP contribution is 2.37. The van der Waals surface area contributed by atoms with E-state index in [1.807, 2.05) is 25.4 Å². The highest BCUT2D eigenvalue weighted by molar-refractivity contribution is 5.94. The summed E-state index contributed by atoms with van der Waals surface area (Å²) in [6.07, 6.45) is 7.18. The lowest BCUT2D eigenvalue weighted by atomic mass is 10.1. The van der Waals surface area contributed by atoms with Crippen molar-refractivity contribution in [1.82, 2.24) is 20.1 Å². The minimum atomic E-state index is -0.468. The van der Waals surface area contributed by atoms with Crippen LogP contribution in [0.25, 0.3) is 11.1 Å². The third-order valence-electron chi connectivity index (χ3n) is 4.42. The van der Waals surface area contributed by atoms with Gasteiger partial charge in [-0.05, 0) is 30.5 Å². The van der Waals surface area contributed by atoms with Gasteiger partial charge in [0.1, 0.15) is 11.9 Å². The minimum absolute atomic E-state index is 0.148. The Bertz CT molecular complexity index is 728. The first kappa shape index (κ1) is 14.3. The molecule has 1 spiro atoms. The van der Waals surface area contributed by atoms with Gasteiger partial charge in [0.2, 0.25) is 0 Å². The molecule has 1 aliphatic heterocycles. The molecule has 0 radical (unpaired) electrons. The highest BCUT2D eigenvalue weighted by atomic mass is 16.5. The number of rotatable bonds is 3. The van der Waals surface area contributed by atoms with Crippen LogP contribution < -0.4 is 10.6 Å². The molecule has 120 valence electrons. The Labute approximate surface area is 134 Å². The van der Waals surface area contributed by atoms with Crippen LogP contribution >= 0.6 is 0 Å². The van der Waals surface area contributed by atoms with Crippen molar-refractivity contribution in [2.75, 3.05) is 18.5 Å². The lowest BCUT2D eigenvalue weighted by molar-refractivity contribution is -0.130. The molecule has 2 aromatic rings. The molecule has 3 heterocycles. The second-order valence-electron chi connectivity index (χ2n) is 6.28. The molecule has 2 N–H and O–H groups in total. The molecule has 1 saturated carbocycles. The smallest absolute Gasteiger partial charge is 0.255 e. The molecule has 4 rings (SSSR count). The number of ether oxygens (including phenoxy) is 1. The normalized spacial score (nSPS) is 22.0. The SMILES string of the molecule is Cn1cc(-c2ccnc(NC(=O)C3CNC4(CC4)CO3)c2)cn1. The van der Waals surface area contributed by atoms with Gasteiger partial charge < -0.3 is 15.4 Å². The van der Waals surface area contributed by atoms with Crippen molar-refractivity contribution in [2.45, 2.75) is 24.5 Å². The maximum Gasteiger partial charge on any atom is 0.255 e. The van der Waals surface area contributed by atoms with Crippen LogP contribution in [0.4, 0.5) is 5.82 Å². The van der Waals surface area contributed by atoms with Crippen LogP contribution in [0, 0.1) is 0 Å². The summed E-state index contributed by atoms with van der Waals surface area (Å²) in [5.74, 6) is 0.357. The summed E-state index contributed by atoms with van der Waals surface area (Å²) in [6, 6.07) is 3.73. The number of hydrogen-bond donors (Lipinski definition) is 2. The Hall–Kier alpha value is -2.25. The summed E-state index contributed by atoms with van der Waals surface area (Å²) in [6.45, 7) is 1.16. The number of amides is 1. The Kier molecular flexibility index (Phi) is 3.39. The van der Waals surface area contributed by atoms with E-state index in [0.29, 0.717) is 19.0 Å². The summed E-state index contributed by atoms with van der Waals surface area (Å²) >= 11 is 0. The van der Waals surface area contributed by atoms with Gasteiger partial charge in [-0.2, -0.15) is 5.10 Å². The van der Waals surface area contributed by atoms with E-state index < -0.39 is 6.10 Å². The third kappa shape index (κ3) is 2.97. The molecule has 1 aliphatic carbocycles. The topological polar surface area (TPSA) is 81.1 Å². The number of hydrogen-bond acceptors (Lipinski definition) is 5. The van der Waals surface area contributed by atoms with Crippen molar-refractivity contribution < 1.29 is 9.53 Å². The number of aromatic nitrogens is 3. The molecule has 2 aromatic heterocycles. The third-order valence-corrected chi connectivity index (χ3v) is 4.42. The second-order valence-corrected chi connectivity index (χ2v) is 6.28. The molecule has 0 aromatic carbocycles. The van der Waals surface area contributed by atoms with Crippen molar-refractivity contribution in [3.63, 3.8) is 0 Å². The van der Waals surface area contributed by atoms with E-state index in [1.54, 1.807) is 17.1 Å². The standard InChI is InChI=1S/C16H19N5O2/c1-21-9-12(7-19-21)11-2-5-17-14(6-11)20-15(22)13-8-18-16(3-4-16)10-23-13/h2,5-7,9,13,18H,3-4,8,10H2,1H3,(H,17,20,22). The largest absolute Gasteiger partial charge is 0.365 e. The first-order chi connectivity index (χ1) is 11.1. The summed E-state index contributed by atoms with van der Waals surface area (Å²) in [7, 11) is 1.87. The van der Waals surface area contributed by atoms with Crippen LogP contribution in [0.5, 0.6) is 0 Å². The molecule has 23 heavy (non-hydrogen) atoms. The van der Waals surface area contributed by atoms with Gasteiger partial charge in [-0.25, -0.2) is 4.98 Å². The van der Waals surface area contributed by atoms with Gasteiger partial charge in [-0.3, -0.25) is 9.48 Å². The quantitative estimate of drug-likeness (QED) is 0.881. The second kappa shape index (κ2) is 5.43. The van der Waals surface area contributed by atoms with E-state index in [1.165, 1.54) is 0 Å². The van der Waals surface area contributed by atoms with Crippen LogP contribution in [-0.4, -0.2) is 45.5 Å². The molecule has 7 heteroatoms. The molecule has 7 nitrogen and oxygen atoms in total. The number of carbonyl (C=O) groups is 1. The Morgan fingerprint density at radius 1 is 1.48 bits per heavy atom. The van der Waals surface area contributed by atoms with E-state index in [2.05, 4.69) is 20.7 Å². The summed E-state index contributed by atoms with van der Waals surface area (Å²) in [5.41, 5.74) is 2.09. The fourth-order valence-corrected chi connectivity index (χ4v) is 2.78. The number of nitrogens with zero attached hydrogens (tertiary/aromatic N) is 3. The van der Waals surface area contributed by atoms with Gasteiger partial charge in [-0.1, -0.05) is 0 Å². The predicted molar refractivity (Wildman–Crippen MR) is 84.8 cm³/mol. The molecule has 1 saturated heterocycles.